The maximum Gasteiger partial charge on any atom is 0.339 e. The molecule has 0 aliphatic carbocycles. The van der Waals surface area contributed by atoms with E-state index in [-0.39, 0.29) is 5.78 Å². The zero-order valence-corrected chi connectivity index (χ0v) is 16.0. The number of H-pyrrole nitrogens is 1. The smallest absolute Gasteiger partial charge is 0.339 e. The molecule has 0 fully saturated rings. The second kappa shape index (κ2) is 7.40. The Morgan fingerprint density at radius 3 is 2.54 bits per heavy atom. The molecule has 5 nitrogen and oxygen atoms in total. The molecule has 0 aliphatic rings. The fourth-order valence-electron chi connectivity index (χ4n) is 2.42. The lowest BCUT2D eigenvalue weighted by molar-refractivity contribution is 0.0599. The van der Waals surface area contributed by atoms with Gasteiger partial charge in [-0.1, -0.05) is 27.5 Å². The normalized spacial score (nSPS) is 11.9. The van der Waals surface area contributed by atoms with Crippen molar-refractivity contribution in [2.24, 2.45) is 0 Å². The molecule has 2 aromatic rings. The number of aromatic amines is 1. The Labute approximate surface area is 153 Å². The summed E-state index contributed by atoms with van der Waals surface area (Å²) in [6.07, 6.45) is -0.772. The Balaban J connectivity index is 2.27. The Kier molecular flexibility index (Phi) is 5.72. The van der Waals surface area contributed by atoms with Gasteiger partial charge in [-0.25, -0.2) is 4.79 Å². The van der Waals surface area contributed by atoms with Crippen LogP contribution in [0, 0.1) is 13.8 Å². The molecule has 24 heavy (non-hydrogen) atoms. The molecular formula is C17H17BrClNO4. The van der Waals surface area contributed by atoms with Crippen LogP contribution >= 0.6 is 27.5 Å². The third kappa shape index (κ3) is 3.65. The predicted octanol–water partition coefficient (Wildman–Crippen LogP) is 4.48. The van der Waals surface area contributed by atoms with Gasteiger partial charge in [-0.05, 0) is 44.5 Å². The first-order chi connectivity index (χ1) is 11.3. The van der Waals surface area contributed by atoms with Crippen molar-refractivity contribution in [2.45, 2.75) is 26.9 Å². The van der Waals surface area contributed by atoms with Gasteiger partial charge in [-0.2, -0.15) is 0 Å². The Bertz CT molecular complexity index is 800. The molecule has 0 amide bonds. The zero-order chi connectivity index (χ0) is 18.0. The molecule has 1 aromatic heterocycles. The minimum absolute atomic E-state index is 0.273. The summed E-state index contributed by atoms with van der Waals surface area (Å²) >= 11 is 9.42. The van der Waals surface area contributed by atoms with Crippen molar-refractivity contribution in [1.82, 2.24) is 4.98 Å². The molecule has 1 atom stereocenters. The minimum Gasteiger partial charge on any atom is -0.481 e. The number of rotatable bonds is 5. The zero-order valence-electron chi connectivity index (χ0n) is 13.7. The lowest BCUT2D eigenvalue weighted by atomic mass is 10.1. The lowest BCUT2D eigenvalue weighted by Crippen LogP contribution is -2.25. The first kappa shape index (κ1) is 18.5. The van der Waals surface area contributed by atoms with Gasteiger partial charge in [0.25, 0.3) is 0 Å². The third-order valence-corrected chi connectivity index (χ3v) is 4.43. The Morgan fingerprint density at radius 1 is 1.29 bits per heavy atom. The Morgan fingerprint density at radius 2 is 1.96 bits per heavy atom. The standard InChI is InChI=1S/C17H17BrClNO4/c1-8-14(17(22)23-4)9(2)20-15(8)16(21)10(3)24-13-6-5-11(18)7-12(13)19/h5-7,10,20H,1-4H3/t10-/m1/s1. The van der Waals surface area contributed by atoms with Crippen LogP contribution in [0.5, 0.6) is 5.75 Å². The van der Waals surface area contributed by atoms with Gasteiger partial charge < -0.3 is 14.5 Å². The van der Waals surface area contributed by atoms with E-state index in [1.54, 1.807) is 39.0 Å². The number of esters is 1. The molecule has 2 rings (SSSR count). The predicted molar refractivity (Wildman–Crippen MR) is 95.2 cm³/mol. The van der Waals surface area contributed by atoms with Gasteiger partial charge >= 0.3 is 5.97 Å². The number of aromatic nitrogens is 1. The summed E-state index contributed by atoms with van der Waals surface area (Å²) in [7, 11) is 1.30. The van der Waals surface area contributed by atoms with Crippen LogP contribution in [0.15, 0.2) is 22.7 Å². The van der Waals surface area contributed by atoms with Gasteiger partial charge in [-0.3, -0.25) is 4.79 Å². The summed E-state index contributed by atoms with van der Waals surface area (Å²) in [5.74, 6) is -0.343. The van der Waals surface area contributed by atoms with Gasteiger partial charge in [0.1, 0.15) is 5.75 Å². The van der Waals surface area contributed by atoms with E-state index >= 15 is 0 Å². The van der Waals surface area contributed by atoms with Crippen LogP contribution < -0.4 is 4.74 Å². The van der Waals surface area contributed by atoms with Gasteiger partial charge in [0, 0.05) is 10.2 Å². The van der Waals surface area contributed by atoms with Crippen LogP contribution in [0.3, 0.4) is 0 Å². The first-order valence-corrected chi connectivity index (χ1v) is 8.36. The molecule has 0 saturated carbocycles. The number of aryl methyl sites for hydroxylation is 1. The summed E-state index contributed by atoms with van der Waals surface area (Å²) in [6.45, 7) is 5.05. The monoisotopic (exact) mass is 413 g/mol. The van der Waals surface area contributed by atoms with Crippen molar-refractivity contribution >= 4 is 39.3 Å². The maximum absolute atomic E-state index is 12.7. The molecule has 1 aromatic carbocycles. The highest BCUT2D eigenvalue weighted by atomic mass is 79.9. The summed E-state index contributed by atoms with van der Waals surface area (Å²) in [6, 6.07) is 5.15. The number of halogens is 2. The van der Waals surface area contributed by atoms with E-state index in [9.17, 15) is 9.59 Å². The molecule has 0 bridgehead atoms. The molecule has 0 radical (unpaired) electrons. The van der Waals surface area contributed by atoms with Crippen molar-refractivity contribution in [3.8, 4) is 5.75 Å². The van der Waals surface area contributed by atoms with Gasteiger partial charge in [0.2, 0.25) is 5.78 Å². The summed E-state index contributed by atoms with van der Waals surface area (Å²) in [5, 5.41) is 0.402. The number of hydrogen-bond donors (Lipinski definition) is 1. The molecule has 128 valence electrons. The quantitative estimate of drug-likeness (QED) is 0.578. The number of methoxy groups -OCH3 is 1. The minimum atomic E-state index is -0.772. The first-order valence-electron chi connectivity index (χ1n) is 7.19. The number of nitrogens with one attached hydrogen (secondary N) is 1. The number of carbonyl (C=O) groups excluding carboxylic acids is 2. The number of benzene rings is 1. The second-order valence-electron chi connectivity index (χ2n) is 5.32. The number of ether oxygens (including phenoxy) is 2. The fourth-order valence-corrected chi connectivity index (χ4v) is 3.14. The highest BCUT2D eigenvalue weighted by Crippen LogP contribution is 2.29. The summed E-state index contributed by atoms with van der Waals surface area (Å²) < 4.78 is 11.2. The van der Waals surface area contributed by atoms with Crippen LogP contribution in [-0.4, -0.2) is 30.0 Å². The number of hydrogen-bond acceptors (Lipinski definition) is 4. The molecule has 0 unspecified atom stereocenters. The van der Waals surface area contributed by atoms with Crippen molar-refractivity contribution in [1.29, 1.82) is 0 Å². The molecule has 1 heterocycles. The highest BCUT2D eigenvalue weighted by Gasteiger charge is 2.26. The van der Waals surface area contributed by atoms with Crippen LogP contribution in [0.4, 0.5) is 0 Å². The molecular weight excluding hydrogens is 398 g/mol. The van der Waals surface area contributed by atoms with Crippen molar-refractivity contribution < 1.29 is 19.1 Å². The molecule has 0 saturated heterocycles. The van der Waals surface area contributed by atoms with Gasteiger partial charge in [0.15, 0.2) is 6.10 Å². The van der Waals surface area contributed by atoms with E-state index in [2.05, 4.69) is 20.9 Å². The van der Waals surface area contributed by atoms with Crippen LogP contribution in [0.1, 0.15) is 39.0 Å². The molecule has 0 aliphatic heterocycles. The van der Waals surface area contributed by atoms with E-state index in [0.717, 1.165) is 4.47 Å². The van der Waals surface area contributed by atoms with Gasteiger partial charge in [-0.15, -0.1) is 0 Å². The largest absolute Gasteiger partial charge is 0.481 e. The van der Waals surface area contributed by atoms with E-state index in [1.807, 2.05) is 0 Å². The molecule has 0 spiro atoms. The van der Waals surface area contributed by atoms with Crippen LogP contribution in [0.25, 0.3) is 0 Å². The highest BCUT2D eigenvalue weighted by molar-refractivity contribution is 9.10. The summed E-state index contributed by atoms with van der Waals surface area (Å²) in [5.41, 5.74) is 1.82. The van der Waals surface area contributed by atoms with Crippen molar-refractivity contribution in [2.75, 3.05) is 7.11 Å². The second-order valence-corrected chi connectivity index (χ2v) is 6.64. The number of Topliss-reactive ketones (excluding diaryl/α,β-unsaturated/α-hetero) is 1. The molecule has 1 N–H and O–H groups in total. The van der Waals surface area contributed by atoms with Crippen LogP contribution in [0.2, 0.25) is 5.02 Å². The molecule has 7 heteroatoms. The maximum atomic E-state index is 12.7. The van der Waals surface area contributed by atoms with E-state index in [4.69, 9.17) is 21.1 Å². The average molecular weight is 415 g/mol. The van der Waals surface area contributed by atoms with Gasteiger partial charge in [0.05, 0.1) is 23.4 Å². The van der Waals surface area contributed by atoms with E-state index in [0.29, 0.717) is 33.3 Å². The average Bonchev–Trinajstić information content (AvgIpc) is 2.83. The third-order valence-electron chi connectivity index (χ3n) is 3.64. The van der Waals surface area contributed by atoms with E-state index in [1.165, 1.54) is 7.11 Å². The lowest BCUT2D eigenvalue weighted by Gasteiger charge is -2.15. The number of ketones is 1. The van der Waals surface area contributed by atoms with Crippen LogP contribution in [-0.2, 0) is 4.74 Å². The topological polar surface area (TPSA) is 68.4 Å². The van der Waals surface area contributed by atoms with Crippen molar-refractivity contribution in [3.05, 3.63) is 50.2 Å². The van der Waals surface area contributed by atoms with E-state index < -0.39 is 12.1 Å². The summed E-state index contributed by atoms with van der Waals surface area (Å²) in [4.78, 5) is 27.4. The van der Waals surface area contributed by atoms with Crippen molar-refractivity contribution in [3.63, 3.8) is 0 Å². The fraction of sp³-hybridized carbons (Fsp3) is 0.294. The number of carbonyl (C=O) groups is 2. The SMILES string of the molecule is COC(=O)c1c(C)[nH]c(C(=O)[C@@H](C)Oc2ccc(Br)cc2Cl)c1C. The Hall–Kier alpha value is -1.79.